The highest BCUT2D eigenvalue weighted by atomic mass is 16.2. The molecule has 27 heavy (non-hydrogen) atoms. The summed E-state index contributed by atoms with van der Waals surface area (Å²) >= 11 is 0. The number of aromatic nitrogens is 5. The van der Waals surface area contributed by atoms with Crippen LogP contribution < -0.4 is 0 Å². The van der Waals surface area contributed by atoms with Gasteiger partial charge in [-0.15, -0.1) is 10.2 Å². The maximum atomic E-state index is 11.6. The Hall–Kier alpha value is -2.22. The van der Waals surface area contributed by atoms with Crippen molar-refractivity contribution in [1.29, 1.82) is 0 Å². The van der Waals surface area contributed by atoms with Gasteiger partial charge in [0.05, 0.1) is 0 Å². The molecular formula is C19H29N7O. The zero-order chi connectivity index (χ0) is 18.8. The molecule has 0 saturated carbocycles. The van der Waals surface area contributed by atoms with Crippen molar-refractivity contribution >= 4 is 5.91 Å². The summed E-state index contributed by atoms with van der Waals surface area (Å²) in [5, 5.41) is 13.2. The molecule has 2 saturated heterocycles. The van der Waals surface area contributed by atoms with E-state index in [0.717, 1.165) is 57.1 Å². The molecule has 0 aliphatic carbocycles. The van der Waals surface area contributed by atoms with E-state index < -0.39 is 0 Å². The summed E-state index contributed by atoms with van der Waals surface area (Å²) in [6.07, 6.45) is 8.25. The van der Waals surface area contributed by atoms with Gasteiger partial charge in [0.25, 0.3) is 0 Å². The SMILES string of the molecule is CC(=O)N1CCC(N2CCC[C@@H](c3nnc(Cn4cccn4)n3C)C2)CC1. The van der Waals surface area contributed by atoms with Crippen LogP contribution in [-0.2, 0) is 18.4 Å². The van der Waals surface area contributed by atoms with Crippen molar-refractivity contribution in [2.45, 2.75) is 51.1 Å². The van der Waals surface area contributed by atoms with Crippen molar-refractivity contribution in [2.75, 3.05) is 26.2 Å². The van der Waals surface area contributed by atoms with Crippen LogP contribution in [0.4, 0.5) is 0 Å². The van der Waals surface area contributed by atoms with Gasteiger partial charge in [-0.1, -0.05) is 0 Å². The quantitative estimate of drug-likeness (QED) is 0.809. The van der Waals surface area contributed by atoms with Crippen LogP contribution in [0.2, 0.25) is 0 Å². The molecule has 2 aliphatic rings. The van der Waals surface area contributed by atoms with Gasteiger partial charge in [0.2, 0.25) is 5.91 Å². The fourth-order valence-corrected chi connectivity index (χ4v) is 4.50. The molecule has 2 aliphatic heterocycles. The Morgan fingerprint density at radius 3 is 2.70 bits per heavy atom. The molecule has 1 amide bonds. The molecule has 0 N–H and O–H groups in total. The Morgan fingerprint density at radius 2 is 2.00 bits per heavy atom. The number of carbonyl (C=O) groups is 1. The van der Waals surface area contributed by atoms with Gasteiger partial charge in [-0.3, -0.25) is 14.4 Å². The molecule has 4 rings (SSSR count). The van der Waals surface area contributed by atoms with Crippen LogP contribution in [0.5, 0.6) is 0 Å². The van der Waals surface area contributed by atoms with Gasteiger partial charge in [-0.2, -0.15) is 5.10 Å². The van der Waals surface area contributed by atoms with Crippen LogP contribution in [0.15, 0.2) is 18.5 Å². The lowest BCUT2D eigenvalue weighted by molar-refractivity contribution is -0.130. The molecule has 2 aromatic rings. The first kappa shape index (κ1) is 18.2. The highest BCUT2D eigenvalue weighted by Gasteiger charge is 2.32. The number of hydrogen-bond donors (Lipinski definition) is 0. The van der Waals surface area contributed by atoms with Gasteiger partial charge in [-0.25, -0.2) is 0 Å². The van der Waals surface area contributed by atoms with Gasteiger partial charge in [0.15, 0.2) is 5.82 Å². The minimum Gasteiger partial charge on any atom is -0.343 e. The van der Waals surface area contributed by atoms with Gasteiger partial charge in [0, 0.05) is 58.0 Å². The Bertz CT molecular complexity index is 761. The van der Waals surface area contributed by atoms with Gasteiger partial charge in [-0.05, 0) is 38.3 Å². The third-order valence-electron chi connectivity index (χ3n) is 6.11. The fraction of sp³-hybridized carbons (Fsp3) is 0.684. The van der Waals surface area contributed by atoms with E-state index in [1.54, 1.807) is 13.1 Å². The summed E-state index contributed by atoms with van der Waals surface area (Å²) in [5.74, 6) is 2.66. The van der Waals surface area contributed by atoms with Crippen LogP contribution in [-0.4, -0.2) is 72.5 Å². The minimum absolute atomic E-state index is 0.203. The lowest BCUT2D eigenvalue weighted by Crippen LogP contribution is -2.49. The lowest BCUT2D eigenvalue weighted by Gasteiger charge is -2.42. The van der Waals surface area contributed by atoms with E-state index in [0.29, 0.717) is 18.5 Å². The summed E-state index contributed by atoms with van der Waals surface area (Å²) in [7, 11) is 2.07. The normalized spacial score (nSPS) is 22.3. The molecule has 8 heteroatoms. The maximum absolute atomic E-state index is 11.6. The predicted molar refractivity (Wildman–Crippen MR) is 101 cm³/mol. The van der Waals surface area contributed by atoms with Crippen LogP contribution in [0.1, 0.15) is 50.2 Å². The van der Waals surface area contributed by atoms with E-state index in [1.807, 2.05) is 21.8 Å². The van der Waals surface area contributed by atoms with Gasteiger partial charge in [0.1, 0.15) is 12.4 Å². The second-order valence-electron chi connectivity index (χ2n) is 7.81. The zero-order valence-electron chi connectivity index (χ0n) is 16.3. The minimum atomic E-state index is 0.203. The number of likely N-dealkylation sites (tertiary alicyclic amines) is 2. The Kier molecular flexibility index (Phi) is 5.24. The Morgan fingerprint density at radius 1 is 1.19 bits per heavy atom. The van der Waals surface area contributed by atoms with E-state index in [4.69, 9.17) is 0 Å². The highest BCUT2D eigenvalue weighted by Crippen LogP contribution is 2.29. The lowest BCUT2D eigenvalue weighted by atomic mass is 9.93. The largest absolute Gasteiger partial charge is 0.343 e. The van der Waals surface area contributed by atoms with Crippen molar-refractivity contribution in [3.63, 3.8) is 0 Å². The molecule has 0 aromatic carbocycles. The van der Waals surface area contributed by atoms with Crippen LogP contribution in [0, 0.1) is 0 Å². The van der Waals surface area contributed by atoms with E-state index in [1.165, 1.54) is 6.42 Å². The van der Waals surface area contributed by atoms with Crippen molar-refractivity contribution in [3.8, 4) is 0 Å². The molecule has 0 unspecified atom stereocenters. The first-order valence-corrected chi connectivity index (χ1v) is 9.97. The van der Waals surface area contributed by atoms with Gasteiger partial charge < -0.3 is 9.47 Å². The second kappa shape index (κ2) is 7.80. The van der Waals surface area contributed by atoms with Crippen molar-refractivity contribution < 1.29 is 4.79 Å². The fourth-order valence-electron chi connectivity index (χ4n) is 4.50. The monoisotopic (exact) mass is 371 g/mol. The third kappa shape index (κ3) is 3.90. The molecule has 2 aromatic heterocycles. The van der Waals surface area contributed by atoms with E-state index in [-0.39, 0.29) is 5.91 Å². The van der Waals surface area contributed by atoms with Crippen LogP contribution in [0.25, 0.3) is 0 Å². The number of amides is 1. The van der Waals surface area contributed by atoms with Crippen LogP contribution in [0.3, 0.4) is 0 Å². The summed E-state index contributed by atoms with van der Waals surface area (Å²) in [6, 6.07) is 2.51. The average molecular weight is 371 g/mol. The molecule has 2 fully saturated rings. The van der Waals surface area contributed by atoms with Crippen molar-refractivity contribution in [2.24, 2.45) is 7.05 Å². The molecule has 146 valence electrons. The molecule has 4 heterocycles. The summed E-state index contributed by atoms with van der Waals surface area (Å²) in [5.41, 5.74) is 0. The first-order chi connectivity index (χ1) is 13.1. The number of piperidine rings is 2. The molecule has 0 radical (unpaired) electrons. The molecule has 8 nitrogen and oxygen atoms in total. The van der Waals surface area contributed by atoms with E-state index in [2.05, 4.69) is 31.8 Å². The molecule has 1 atom stereocenters. The summed E-state index contributed by atoms with van der Waals surface area (Å²) in [6.45, 7) is 6.29. The number of hydrogen-bond acceptors (Lipinski definition) is 5. The Balaban J connectivity index is 1.40. The molecule has 0 spiro atoms. The number of nitrogens with zero attached hydrogens (tertiary/aromatic N) is 7. The van der Waals surface area contributed by atoms with Crippen molar-refractivity contribution in [1.82, 2.24) is 34.3 Å². The summed E-state index contributed by atoms with van der Waals surface area (Å²) < 4.78 is 4.03. The molecular weight excluding hydrogens is 342 g/mol. The number of carbonyl (C=O) groups excluding carboxylic acids is 1. The average Bonchev–Trinajstić information content (AvgIpc) is 3.33. The van der Waals surface area contributed by atoms with Crippen LogP contribution >= 0.6 is 0 Å². The molecule has 0 bridgehead atoms. The van der Waals surface area contributed by atoms with Gasteiger partial charge >= 0.3 is 0 Å². The smallest absolute Gasteiger partial charge is 0.219 e. The second-order valence-corrected chi connectivity index (χ2v) is 7.81. The maximum Gasteiger partial charge on any atom is 0.219 e. The van der Waals surface area contributed by atoms with Crippen molar-refractivity contribution in [3.05, 3.63) is 30.1 Å². The van der Waals surface area contributed by atoms with E-state index >= 15 is 0 Å². The topological polar surface area (TPSA) is 72.1 Å². The standard InChI is InChI=1S/C19H29N7O/c1-15(27)24-11-6-17(7-12-24)25-9-3-5-16(13-25)19-22-21-18(23(19)2)14-26-10-4-8-20-26/h4,8,10,16-17H,3,5-7,9,11-14H2,1-2H3/t16-/m1/s1. The first-order valence-electron chi connectivity index (χ1n) is 9.97. The predicted octanol–water partition coefficient (Wildman–Crippen LogP) is 1.25. The highest BCUT2D eigenvalue weighted by molar-refractivity contribution is 5.73. The summed E-state index contributed by atoms with van der Waals surface area (Å²) in [4.78, 5) is 16.2. The number of rotatable bonds is 4. The van der Waals surface area contributed by atoms with E-state index in [9.17, 15) is 4.79 Å². The third-order valence-corrected chi connectivity index (χ3v) is 6.11. The Labute approximate surface area is 160 Å². The zero-order valence-corrected chi connectivity index (χ0v) is 16.3.